The Labute approximate surface area is 116 Å². The Bertz CT molecular complexity index is 510. The molecule has 0 aliphatic carbocycles. The molecule has 2 aromatic rings. The summed E-state index contributed by atoms with van der Waals surface area (Å²) in [5.41, 5.74) is 11.3. The van der Waals surface area contributed by atoms with Gasteiger partial charge in [0, 0.05) is 6.04 Å². The molecule has 1 heteroatoms. The number of aryl methyl sites for hydroxylation is 1. The second-order valence-corrected chi connectivity index (χ2v) is 5.35. The highest BCUT2D eigenvalue weighted by Gasteiger charge is 2.12. The minimum Gasteiger partial charge on any atom is -0.327 e. The summed E-state index contributed by atoms with van der Waals surface area (Å²) in [6.45, 7) is 6.46. The zero-order chi connectivity index (χ0) is 13.8. The van der Waals surface area contributed by atoms with Gasteiger partial charge in [0.2, 0.25) is 0 Å². The third-order valence-electron chi connectivity index (χ3n) is 3.94. The summed E-state index contributed by atoms with van der Waals surface area (Å²) < 4.78 is 0. The molecule has 2 aromatic carbocycles. The highest BCUT2D eigenvalue weighted by atomic mass is 14.6. The van der Waals surface area contributed by atoms with Crippen molar-refractivity contribution in [2.75, 3.05) is 0 Å². The Hall–Kier alpha value is -1.60. The molecule has 0 amide bonds. The van der Waals surface area contributed by atoms with E-state index in [2.05, 4.69) is 69.3 Å². The maximum Gasteiger partial charge on any atom is 0.0103 e. The van der Waals surface area contributed by atoms with Crippen molar-refractivity contribution in [1.29, 1.82) is 0 Å². The highest BCUT2D eigenvalue weighted by molar-refractivity contribution is 5.64. The van der Waals surface area contributed by atoms with Gasteiger partial charge in [-0.25, -0.2) is 0 Å². The van der Waals surface area contributed by atoms with Crippen LogP contribution in [-0.2, 0) is 0 Å². The van der Waals surface area contributed by atoms with Crippen molar-refractivity contribution in [3.63, 3.8) is 0 Å². The summed E-state index contributed by atoms with van der Waals surface area (Å²) in [5.74, 6) is 0.414. The van der Waals surface area contributed by atoms with Crippen LogP contribution in [0.2, 0.25) is 0 Å². The van der Waals surface area contributed by atoms with Crippen molar-refractivity contribution in [3.05, 3.63) is 59.7 Å². The van der Waals surface area contributed by atoms with Gasteiger partial charge >= 0.3 is 0 Å². The number of nitrogens with two attached hydrogens (primary N) is 1. The first-order chi connectivity index (χ1) is 9.11. The highest BCUT2D eigenvalue weighted by Crippen LogP contribution is 2.24. The zero-order valence-electron chi connectivity index (χ0n) is 12.1. The first kappa shape index (κ1) is 13.8. The van der Waals surface area contributed by atoms with Crippen LogP contribution in [0.25, 0.3) is 11.1 Å². The Morgan fingerprint density at radius 3 is 1.84 bits per heavy atom. The molecular weight excluding hydrogens is 230 g/mol. The van der Waals surface area contributed by atoms with Crippen LogP contribution >= 0.6 is 0 Å². The fraction of sp³-hybridized carbons (Fsp3) is 0.333. The van der Waals surface area contributed by atoms with Crippen LogP contribution in [0.5, 0.6) is 0 Å². The molecule has 0 heterocycles. The second-order valence-electron chi connectivity index (χ2n) is 5.35. The first-order valence-electron chi connectivity index (χ1n) is 7.04. The molecule has 100 valence electrons. The lowest BCUT2D eigenvalue weighted by Crippen LogP contribution is -2.25. The molecule has 2 N–H and O–H groups in total. The number of hydrogen-bond acceptors (Lipinski definition) is 1. The van der Waals surface area contributed by atoms with Crippen molar-refractivity contribution in [3.8, 4) is 11.1 Å². The van der Waals surface area contributed by atoms with Gasteiger partial charge in [-0.3, -0.25) is 0 Å². The summed E-state index contributed by atoms with van der Waals surface area (Å²) in [6, 6.07) is 17.7. The maximum atomic E-state index is 6.11. The van der Waals surface area contributed by atoms with Crippen LogP contribution in [0.15, 0.2) is 48.5 Å². The van der Waals surface area contributed by atoms with E-state index in [1.165, 1.54) is 22.3 Å². The lowest BCUT2D eigenvalue weighted by Gasteiger charge is -2.19. The Kier molecular flexibility index (Phi) is 4.39. The second kappa shape index (κ2) is 6.03. The number of hydrogen-bond donors (Lipinski definition) is 1. The Morgan fingerprint density at radius 2 is 1.37 bits per heavy atom. The van der Waals surface area contributed by atoms with Crippen molar-refractivity contribution < 1.29 is 0 Å². The Morgan fingerprint density at radius 1 is 0.895 bits per heavy atom. The quantitative estimate of drug-likeness (QED) is 0.852. The summed E-state index contributed by atoms with van der Waals surface area (Å²) in [6.07, 6.45) is 1.01. The van der Waals surface area contributed by atoms with E-state index >= 15 is 0 Å². The largest absolute Gasteiger partial charge is 0.327 e. The van der Waals surface area contributed by atoms with Crippen molar-refractivity contribution in [2.24, 2.45) is 5.73 Å². The van der Waals surface area contributed by atoms with Crippen LogP contribution in [0, 0.1) is 6.92 Å². The molecule has 0 aromatic heterocycles. The molecule has 2 unspecified atom stereocenters. The minimum absolute atomic E-state index is 0.241. The van der Waals surface area contributed by atoms with E-state index in [0.29, 0.717) is 5.92 Å². The van der Waals surface area contributed by atoms with Crippen LogP contribution in [0.4, 0.5) is 0 Å². The van der Waals surface area contributed by atoms with Gasteiger partial charge in [0.15, 0.2) is 0 Å². The minimum atomic E-state index is 0.241. The topological polar surface area (TPSA) is 26.0 Å². The van der Waals surface area contributed by atoms with E-state index in [4.69, 9.17) is 5.73 Å². The monoisotopic (exact) mass is 253 g/mol. The van der Waals surface area contributed by atoms with Gasteiger partial charge in [0.25, 0.3) is 0 Å². The van der Waals surface area contributed by atoms with Crippen LogP contribution in [0.3, 0.4) is 0 Å². The molecule has 0 saturated carbocycles. The smallest absolute Gasteiger partial charge is 0.0103 e. The zero-order valence-corrected chi connectivity index (χ0v) is 12.1. The van der Waals surface area contributed by atoms with Gasteiger partial charge in [-0.15, -0.1) is 0 Å². The fourth-order valence-corrected chi connectivity index (χ4v) is 2.33. The van der Waals surface area contributed by atoms with Crippen molar-refractivity contribution in [2.45, 2.75) is 39.2 Å². The molecule has 19 heavy (non-hydrogen) atoms. The summed E-state index contributed by atoms with van der Waals surface area (Å²) in [4.78, 5) is 0. The summed E-state index contributed by atoms with van der Waals surface area (Å²) in [7, 11) is 0. The summed E-state index contributed by atoms with van der Waals surface area (Å²) >= 11 is 0. The van der Waals surface area contributed by atoms with E-state index < -0.39 is 0 Å². The molecule has 1 nitrogen and oxygen atoms in total. The first-order valence-corrected chi connectivity index (χ1v) is 7.04. The van der Waals surface area contributed by atoms with E-state index in [1.54, 1.807) is 0 Å². The standard InChI is InChI=1S/C18H23N/c1-4-18(19)14(3)15-9-11-17(12-10-15)16-7-5-13(2)6-8-16/h5-12,14,18H,4,19H2,1-3H3. The van der Waals surface area contributed by atoms with E-state index in [9.17, 15) is 0 Å². The maximum absolute atomic E-state index is 6.11. The average Bonchev–Trinajstić information content (AvgIpc) is 2.46. The van der Waals surface area contributed by atoms with Crippen molar-refractivity contribution >= 4 is 0 Å². The number of benzene rings is 2. The van der Waals surface area contributed by atoms with Gasteiger partial charge in [0.05, 0.1) is 0 Å². The van der Waals surface area contributed by atoms with Gasteiger partial charge in [-0.1, -0.05) is 67.9 Å². The number of rotatable bonds is 4. The molecule has 2 rings (SSSR count). The molecule has 0 radical (unpaired) electrons. The molecule has 0 saturated heterocycles. The molecule has 0 spiro atoms. The van der Waals surface area contributed by atoms with Gasteiger partial charge in [0.1, 0.15) is 0 Å². The van der Waals surface area contributed by atoms with Gasteiger partial charge in [-0.2, -0.15) is 0 Å². The van der Waals surface area contributed by atoms with E-state index in [0.717, 1.165) is 6.42 Å². The lowest BCUT2D eigenvalue weighted by molar-refractivity contribution is 0.551. The normalized spacial score (nSPS) is 14.1. The van der Waals surface area contributed by atoms with Crippen LogP contribution in [-0.4, -0.2) is 6.04 Å². The van der Waals surface area contributed by atoms with E-state index in [1.807, 2.05) is 0 Å². The molecule has 0 aliphatic heterocycles. The van der Waals surface area contributed by atoms with E-state index in [-0.39, 0.29) is 6.04 Å². The third kappa shape index (κ3) is 3.24. The predicted molar refractivity (Wildman–Crippen MR) is 83.3 cm³/mol. The van der Waals surface area contributed by atoms with Crippen LogP contribution < -0.4 is 5.73 Å². The Balaban J connectivity index is 2.21. The van der Waals surface area contributed by atoms with Gasteiger partial charge in [-0.05, 0) is 36.0 Å². The third-order valence-corrected chi connectivity index (χ3v) is 3.94. The molecule has 2 atom stereocenters. The molecule has 0 fully saturated rings. The lowest BCUT2D eigenvalue weighted by atomic mass is 9.91. The SMILES string of the molecule is CCC(N)C(C)c1ccc(-c2ccc(C)cc2)cc1. The predicted octanol–water partition coefficient (Wildman–Crippen LogP) is 4.50. The molecule has 0 bridgehead atoms. The summed E-state index contributed by atoms with van der Waals surface area (Å²) in [5, 5.41) is 0. The molecular formula is C18H23N. The van der Waals surface area contributed by atoms with Crippen molar-refractivity contribution in [1.82, 2.24) is 0 Å². The van der Waals surface area contributed by atoms with Gasteiger partial charge < -0.3 is 5.73 Å². The fourth-order valence-electron chi connectivity index (χ4n) is 2.33. The molecule has 0 aliphatic rings. The average molecular weight is 253 g/mol. The van der Waals surface area contributed by atoms with Crippen LogP contribution in [0.1, 0.15) is 37.3 Å².